The Morgan fingerprint density at radius 1 is 1.12 bits per heavy atom. The number of nitrogens with one attached hydrogen (secondary N) is 1. The molecule has 33 heavy (non-hydrogen) atoms. The molecule has 0 saturated carbocycles. The smallest absolute Gasteiger partial charge is 0.337 e. The Balaban J connectivity index is 1.97. The minimum absolute atomic E-state index is 0.0209. The number of ether oxygens (including phenoxy) is 1. The number of carbonyl (C=O) groups excluding carboxylic acids is 2. The largest absolute Gasteiger partial charge is 0.465 e. The third-order valence-corrected chi connectivity index (χ3v) is 5.92. The van der Waals surface area contributed by atoms with Crippen LogP contribution in [0.5, 0.6) is 0 Å². The van der Waals surface area contributed by atoms with Gasteiger partial charge in [-0.3, -0.25) is 4.79 Å². The minimum Gasteiger partial charge on any atom is -0.465 e. The third kappa shape index (κ3) is 4.84. The van der Waals surface area contributed by atoms with Crippen LogP contribution in [0.1, 0.15) is 38.4 Å². The van der Waals surface area contributed by atoms with E-state index in [-0.39, 0.29) is 5.57 Å². The number of rotatable bonds is 5. The first-order chi connectivity index (χ1) is 15.7. The van der Waals surface area contributed by atoms with Crippen molar-refractivity contribution in [1.82, 2.24) is 4.57 Å². The molecular formula is C26H24ClN3O3. The number of aromatic nitrogens is 1. The van der Waals surface area contributed by atoms with Crippen LogP contribution in [0.15, 0.2) is 48.0 Å². The molecule has 7 heteroatoms. The second-order valence-corrected chi connectivity index (χ2v) is 8.10. The summed E-state index contributed by atoms with van der Waals surface area (Å²) in [6.45, 7) is 7.58. The Morgan fingerprint density at radius 2 is 1.85 bits per heavy atom. The highest BCUT2D eigenvalue weighted by Crippen LogP contribution is 2.27. The number of nitrogens with zero attached hydrogens (tertiary/aromatic N) is 2. The highest BCUT2D eigenvalue weighted by molar-refractivity contribution is 6.31. The lowest BCUT2D eigenvalue weighted by molar-refractivity contribution is -0.112. The molecule has 6 nitrogen and oxygen atoms in total. The lowest BCUT2D eigenvalue weighted by Gasteiger charge is -2.14. The normalized spacial score (nSPS) is 11.1. The van der Waals surface area contributed by atoms with Crippen molar-refractivity contribution >= 4 is 35.2 Å². The molecule has 0 saturated heterocycles. The van der Waals surface area contributed by atoms with Gasteiger partial charge in [0.15, 0.2) is 0 Å². The number of anilines is 1. The topological polar surface area (TPSA) is 84.1 Å². The van der Waals surface area contributed by atoms with E-state index in [0.29, 0.717) is 16.3 Å². The number of aryl methyl sites for hydroxylation is 2. The summed E-state index contributed by atoms with van der Waals surface area (Å²) in [7, 11) is 1.35. The summed E-state index contributed by atoms with van der Waals surface area (Å²) in [5.41, 5.74) is 6.07. The van der Waals surface area contributed by atoms with Crippen LogP contribution in [0.25, 0.3) is 11.8 Å². The quantitative estimate of drug-likeness (QED) is 0.300. The van der Waals surface area contributed by atoms with Gasteiger partial charge in [-0.05, 0) is 86.9 Å². The summed E-state index contributed by atoms with van der Waals surface area (Å²) in [5.74, 6) is -0.903. The van der Waals surface area contributed by atoms with Crippen molar-refractivity contribution < 1.29 is 14.3 Å². The molecule has 0 radical (unpaired) electrons. The summed E-state index contributed by atoms with van der Waals surface area (Å²) < 4.78 is 6.82. The monoisotopic (exact) mass is 461 g/mol. The van der Waals surface area contributed by atoms with E-state index in [2.05, 4.69) is 5.32 Å². The fraction of sp³-hybridized carbons (Fsp3) is 0.192. The molecule has 1 heterocycles. The predicted octanol–water partition coefficient (Wildman–Crippen LogP) is 5.70. The van der Waals surface area contributed by atoms with Crippen molar-refractivity contribution in [1.29, 1.82) is 5.26 Å². The van der Waals surface area contributed by atoms with Gasteiger partial charge in [-0.25, -0.2) is 4.79 Å². The first-order valence-electron chi connectivity index (χ1n) is 10.2. The SMILES string of the molecule is COC(=O)c1ccc(-n2c(C)cc(/C=C(/C#N)C(=O)Nc3cccc(Cl)c3C)c2C)c(C)c1. The molecule has 168 valence electrons. The first-order valence-corrected chi connectivity index (χ1v) is 10.6. The molecule has 1 amide bonds. The van der Waals surface area contributed by atoms with Crippen molar-refractivity contribution in [2.24, 2.45) is 0 Å². The molecule has 0 fully saturated rings. The Bertz CT molecular complexity index is 1330. The molecule has 0 spiro atoms. The zero-order valence-electron chi connectivity index (χ0n) is 19.1. The second kappa shape index (κ2) is 9.76. The van der Waals surface area contributed by atoms with Crippen LogP contribution in [0.2, 0.25) is 5.02 Å². The van der Waals surface area contributed by atoms with Gasteiger partial charge in [0.05, 0.1) is 12.7 Å². The Kier molecular flexibility index (Phi) is 7.05. The molecule has 1 N–H and O–H groups in total. The molecule has 3 aromatic rings. The number of methoxy groups -OCH3 is 1. The number of hydrogen-bond donors (Lipinski definition) is 1. The van der Waals surface area contributed by atoms with Crippen LogP contribution in [0.4, 0.5) is 5.69 Å². The van der Waals surface area contributed by atoms with Gasteiger partial charge in [-0.2, -0.15) is 5.26 Å². The standard InChI is InChI=1S/C26H24ClN3O3/c1-15-11-19(26(32)33-5)9-10-24(15)30-16(2)12-20(18(30)4)13-21(14-28)25(31)29-23-8-6-7-22(27)17(23)3/h6-13H,1-5H3,(H,29,31)/b21-13-. The number of nitriles is 1. The molecule has 0 aliphatic heterocycles. The van der Waals surface area contributed by atoms with Gasteiger partial charge in [-0.1, -0.05) is 17.7 Å². The molecule has 2 aromatic carbocycles. The van der Waals surface area contributed by atoms with Gasteiger partial charge in [0, 0.05) is 27.8 Å². The van der Waals surface area contributed by atoms with E-state index in [9.17, 15) is 14.9 Å². The lowest BCUT2D eigenvalue weighted by atomic mass is 10.1. The Labute approximate surface area is 198 Å². The molecule has 0 atom stereocenters. The van der Waals surface area contributed by atoms with Crippen LogP contribution < -0.4 is 5.32 Å². The van der Waals surface area contributed by atoms with Gasteiger partial charge >= 0.3 is 5.97 Å². The lowest BCUT2D eigenvalue weighted by Crippen LogP contribution is -2.14. The van der Waals surface area contributed by atoms with E-state index in [0.717, 1.165) is 33.8 Å². The molecule has 3 rings (SSSR count). The summed E-state index contributed by atoms with van der Waals surface area (Å²) in [6, 6.07) is 14.5. The number of benzene rings is 2. The highest BCUT2D eigenvalue weighted by atomic mass is 35.5. The van der Waals surface area contributed by atoms with E-state index in [4.69, 9.17) is 16.3 Å². The van der Waals surface area contributed by atoms with Gasteiger partial charge < -0.3 is 14.6 Å². The molecule has 0 aliphatic rings. The number of amides is 1. The maximum Gasteiger partial charge on any atom is 0.337 e. The van der Waals surface area contributed by atoms with Crippen molar-refractivity contribution in [2.45, 2.75) is 27.7 Å². The Morgan fingerprint density at radius 3 is 2.48 bits per heavy atom. The predicted molar refractivity (Wildman–Crippen MR) is 130 cm³/mol. The van der Waals surface area contributed by atoms with E-state index in [1.54, 1.807) is 43.3 Å². The van der Waals surface area contributed by atoms with Gasteiger partial charge in [0.2, 0.25) is 0 Å². The van der Waals surface area contributed by atoms with E-state index in [1.165, 1.54) is 7.11 Å². The maximum atomic E-state index is 12.8. The summed E-state index contributed by atoms with van der Waals surface area (Å²) >= 11 is 6.13. The second-order valence-electron chi connectivity index (χ2n) is 7.69. The maximum absolute atomic E-state index is 12.8. The third-order valence-electron chi connectivity index (χ3n) is 5.51. The number of esters is 1. The van der Waals surface area contributed by atoms with E-state index < -0.39 is 11.9 Å². The van der Waals surface area contributed by atoms with Crippen LogP contribution in [-0.2, 0) is 9.53 Å². The molecule has 0 bridgehead atoms. The number of hydrogen-bond acceptors (Lipinski definition) is 4. The van der Waals surface area contributed by atoms with Crippen molar-refractivity contribution in [3.05, 3.63) is 86.7 Å². The average Bonchev–Trinajstić information content (AvgIpc) is 3.07. The van der Waals surface area contributed by atoms with Crippen LogP contribution in [-0.4, -0.2) is 23.6 Å². The molecule has 0 aliphatic carbocycles. The molecular weight excluding hydrogens is 438 g/mol. The van der Waals surface area contributed by atoms with Crippen molar-refractivity contribution in [2.75, 3.05) is 12.4 Å². The minimum atomic E-state index is -0.508. The zero-order valence-corrected chi connectivity index (χ0v) is 19.9. The summed E-state index contributed by atoms with van der Waals surface area (Å²) in [6.07, 6.45) is 1.58. The van der Waals surface area contributed by atoms with Crippen LogP contribution in [0.3, 0.4) is 0 Å². The molecule has 1 aromatic heterocycles. The van der Waals surface area contributed by atoms with Gasteiger partial charge in [0.25, 0.3) is 5.91 Å². The van der Waals surface area contributed by atoms with Crippen LogP contribution in [0, 0.1) is 39.0 Å². The van der Waals surface area contributed by atoms with Crippen molar-refractivity contribution in [3.63, 3.8) is 0 Å². The van der Waals surface area contributed by atoms with Crippen molar-refractivity contribution in [3.8, 4) is 11.8 Å². The number of carbonyl (C=O) groups is 2. The zero-order chi connectivity index (χ0) is 24.3. The van der Waals surface area contributed by atoms with Gasteiger partial charge in [-0.15, -0.1) is 0 Å². The van der Waals surface area contributed by atoms with E-state index >= 15 is 0 Å². The fourth-order valence-corrected chi connectivity index (χ4v) is 3.87. The summed E-state index contributed by atoms with van der Waals surface area (Å²) in [4.78, 5) is 24.6. The van der Waals surface area contributed by atoms with E-state index in [1.807, 2.05) is 43.5 Å². The van der Waals surface area contributed by atoms with Crippen LogP contribution >= 0.6 is 11.6 Å². The number of halogens is 1. The van der Waals surface area contributed by atoms with Gasteiger partial charge in [0.1, 0.15) is 11.6 Å². The fourth-order valence-electron chi connectivity index (χ4n) is 3.69. The summed E-state index contributed by atoms with van der Waals surface area (Å²) in [5, 5.41) is 12.9. The Hall–Kier alpha value is -3.82. The molecule has 0 unspecified atom stereocenters. The average molecular weight is 462 g/mol. The first kappa shape index (κ1) is 23.8. The highest BCUT2D eigenvalue weighted by Gasteiger charge is 2.17.